The molecule has 0 atom stereocenters. The van der Waals surface area contributed by atoms with E-state index in [0.29, 0.717) is 59.4 Å². The first-order valence-electron chi connectivity index (χ1n) is 10.7. The predicted molar refractivity (Wildman–Crippen MR) is 126 cm³/mol. The first kappa shape index (κ1) is 22.4. The van der Waals surface area contributed by atoms with Gasteiger partial charge in [0, 0.05) is 38.0 Å². The van der Waals surface area contributed by atoms with Crippen LogP contribution in [0.3, 0.4) is 0 Å². The second-order valence-corrected chi connectivity index (χ2v) is 8.53. The van der Waals surface area contributed by atoms with Crippen LogP contribution in [0.1, 0.15) is 32.3 Å². The number of nitrogens with one attached hydrogen (secondary N) is 3. The van der Waals surface area contributed by atoms with E-state index in [4.69, 9.17) is 9.47 Å². The number of amides is 1. The summed E-state index contributed by atoms with van der Waals surface area (Å²) in [6.45, 7) is 5.11. The molecule has 3 aromatic rings. The number of hydrogen-bond acceptors (Lipinski definition) is 8. The lowest BCUT2D eigenvalue weighted by molar-refractivity contribution is -0.117. The molecule has 2 aromatic heterocycles. The molecule has 0 saturated carbocycles. The van der Waals surface area contributed by atoms with Gasteiger partial charge in [-0.1, -0.05) is 0 Å². The van der Waals surface area contributed by atoms with E-state index in [1.165, 1.54) is 0 Å². The summed E-state index contributed by atoms with van der Waals surface area (Å²) >= 11 is 0. The number of ether oxygens (including phenoxy) is 2. The van der Waals surface area contributed by atoms with Crippen molar-refractivity contribution in [1.29, 1.82) is 5.26 Å². The summed E-state index contributed by atoms with van der Waals surface area (Å²) in [5.41, 5.74) is 1.99. The molecule has 1 fully saturated rings. The highest BCUT2D eigenvalue weighted by Crippen LogP contribution is 2.34. The lowest BCUT2D eigenvalue weighted by Crippen LogP contribution is -2.36. The Hall–Kier alpha value is -3.84. The second kappa shape index (κ2) is 8.96. The van der Waals surface area contributed by atoms with Crippen molar-refractivity contribution in [3.05, 3.63) is 30.0 Å². The Morgan fingerprint density at radius 3 is 2.79 bits per heavy atom. The van der Waals surface area contributed by atoms with Gasteiger partial charge in [0.2, 0.25) is 11.9 Å². The van der Waals surface area contributed by atoms with Gasteiger partial charge in [-0.3, -0.25) is 4.79 Å². The number of rotatable bonds is 8. The number of fused-ring (bicyclic) bond motifs is 1. The molecule has 3 heterocycles. The summed E-state index contributed by atoms with van der Waals surface area (Å²) in [6, 6.07) is 7.71. The van der Waals surface area contributed by atoms with Crippen molar-refractivity contribution in [2.24, 2.45) is 0 Å². The van der Waals surface area contributed by atoms with E-state index in [2.05, 4.69) is 31.7 Å². The molecule has 4 rings (SSSR count). The number of H-pyrrole nitrogens is 1. The van der Waals surface area contributed by atoms with Crippen molar-refractivity contribution in [2.45, 2.75) is 32.2 Å². The molecule has 172 valence electrons. The van der Waals surface area contributed by atoms with Gasteiger partial charge in [0.25, 0.3) is 0 Å². The zero-order valence-electron chi connectivity index (χ0n) is 19.2. The van der Waals surface area contributed by atoms with Gasteiger partial charge in [0.05, 0.1) is 35.9 Å². The van der Waals surface area contributed by atoms with Crippen LogP contribution in [0, 0.1) is 11.3 Å². The Morgan fingerprint density at radius 1 is 1.30 bits per heavy atom. The normalized spacial score (nSPS) is 13.9. The number of carbonyl (C=O) groups is 1. The van der Waals surface area contributed by atoms with Crippen molar-refractivity contribution in [3.8, 4) is 11.8 Å². The molecule has 10 heteroatoms. The Labute approximate surface area is 191 Å². The van der Waals surface area contributed by atoms with E-state index in [1.54, 1.807) is 25.3 Å². The molecule has 0 radical (unpaired) electrons. The van der Waals surface area contributed by atoms with Crippen LogP contribution in [0.4, 0.5) is 23.1 Å². The van der Waals surface area contributed by atoms with Crippen LogP contribution in [0.5, 0.6) is 5.75 Å². The Balaban J connectivity index is 1.70. The Kier molecular flexibility index (Phi) is 6.07. The Morgan fingerprint density at radius 2 is 2.12 bits per heavy atom. The Bertz CT molecular complexity index is 1230. The number of nitriles is 1. The number of aromatic nitrogens is 3. The van der Waals surface area contributed by atoms with Crippen LogP contribution < -0.4 is 20.3 Å². The molecule has 0 spiro atoms. The van der Waals surface area contributed by atoms with Crippen molar-refractivity contribution < 1.29 is 14.3 Å². The molecule has 1 aliphatic rings. The minimum Gasteiger partial charge on any atom is -0.494 e. The largest absolute Gasteiger partial charge is 0.494 e. The number of anilines is 4. The topological polar surface area (TPSA) is 128 Å². The first-order valence-corrected chi connectivity index (χ1v) is 10.7. The number of nitrogens with zero attached hydrogens (tertiary/aromatic N) is 4. The molecule has 3 N–H and O–H groups in total. The molecular weight excluding hydrogens is 422 g/mol. The number of carbonyl (C=O) groups excluding carboxylic acids is 1. The highest BCUT2D eigenvalue weighted by molar-refractivity contribution is 5.96. The van der Waals surface area contributed by atoms with Crippen LogP contribution >= 0.6 is 0 Å². The van der Waals surface area contributed by atoms with Crippen LogP contribution in [-0.2, 0) is 9.53 Å². The monoisotopic (exact) mass is 449 g/mol. The lowest BCUT2D eigenvalue weighted by atomic mass is 10.1. The van der Waals surface area contributed by atoms with E-state index >= 15 is 0 Å². The van der Waals surface area contributed by atoms with Gasteiger partial charge in [0.15, 0.2) is 0 Å². The molecule has 33 heavy (non-hydrogen) atoms. The number of benzene rings is 1. The fourth-order valence-corrected chi connectivity index (χ4v) is 3.98. The quantitative estimate of drug-likeness (QED) is 0.476. The third kappa shape index (κ3) is 4.54. The minimum atomic E-state index is -0.432. The zero-order valence-corrected chi connectivity index (χ0v) is 19.2. The van der Waals surface area contributed by atoms with E-state index < -0.39 is 5.54 Å². The van der Waals surface area contributed by atoms with Crippen LogP contribution in [0.15, 0.2) is 24.4 Å². The third-order valence-electron chi connectivity index (χ3n) is 5.43. The maximum atomic E-state index is 12.1. The van der Waals surface area contributed by atoms with Crippen molar-refractivity contribution in [1.82, 2.24) is 15.0 Å². The summed E-state index contributed by atoms with van der Waals surface area (Å²) in [7, 11) is 3.21. The van der Waals surface area contributed by atoms with Crippen molar-refractivity contribution in [3.63, 3.8) is 0 Å². The number of hydrogen-bond donors (Lipinski definition) is 3. The molecule has 1 amide bonds. The summed E-state index contributed by atoms with van der Waals surface area (Å²) in [5, 5.41) is 16.7. The SMILES string of the molecule is COCC(C)(C)Nc1nc(Nc2ccc(N3CCCC3=O)cc2OC)nc2[nH]cc(C#N)c12. The molecule has 1 saturated heterocycles. The molecule has 1 aromatic carbocycles. The molecular formula is C23H27N7O3. The smallest absolute Gasteiger partial charge is 0.231 e. The van der Waals surface area contributed by atoms with E-state index in [-0.39, 0.29) is 5.91 Å². The average Bonchev–Trinajstić information content (AvgIpc) is 3.39. The van der Waals surface area contributed by atoms with Gasteiger partial charge < -0.3 is 30.0 Å². The van der Waals surface area contributed by atoms with Gasteiger partial charge in [-0.15, -0.1) is 0 Å². The van der Waals surface area contributed by atoms with Gasteiger partial charge in [0.1, 0.15) is 23.3 Å². The molecule has 1 aliphatic heterocycles. The highest BCUT2D eigenvalue weighted by atomic mass is 16.5. The minimum absolute atomic E-state index is 0.112. The maximum absolute atomic E-state index is 12.1. The summed E-state index contributed by atoms with van der Waals surface area (Å²) in [4.78, 5) is 26.1. The zero-order chi connectivity index (χ0) is 23.6. The standard InChI is InChI=1S/C23H27N7O3/c1-23(2,13-32-3)29-21-19-14(11-24)12-25-20(19)27-22(28-21)26-16-8-7-15(10-17(16)33-4)30-9-5-6-18(30)31/h7-8,10,12H,5-6,9,13H2,1-4H3,(H3,25,26,27,28,29). The molecule has 0 aliphatic carbocycles. The highest BCUT2D eigenvalue weighted by Gasteiger charge is 2.24. The lowest BCUT2D eigenvalue weighted by Gasteiger charge is -2.26. The molecule has 0 bridgehead atoms. The maximum Gasteiger partial charge on any atom is 0.231 e. The third-order valence-corrected chi connectivity index (χ3v) is 5.43. The first-order chi connectivity index (χ1) is 15.8. The predicted octanol–water partition coefficient (Wildman–Crippen LogP) is 3.55. The second-order valence-electron chi connectivity index (χ2n) is 8.53. The van der Waals surface area contributed by atoms with Gasteiger partial charge in [-0.25, -0.2) is 0 Å². The van der Waals surface area contributed by atoms with Crippen LogP contribution in [0.2, 0.25) is 0 Å². The summed E-state index contributed by atoms with van der Waals surface area (Å²) in [5.74, 6) is 1.52. The number of methoxy groups -OCH3 is 2. The van der Waals surface area contributed by atoms with Gasteiger partial charge >= 0.3 is 0 Å². The molecule has 0 unspecified atom stereocenters. The van der Waals surface area contributed by atoms with Crippen molar-refractivity contribution in [2.75, 3.05) is 42.9 Å². The van der Waals surface area contributed by atoms with E-state index in [9.17, 15) is 10.1 Å². The van der Waals surface area contributed by atoms with E-state index in [0.717, 1.165) is 12.1 Å². The van der Waals surface area contributed by atoms with Crippen molar-refractivity contribution >= 4 is 40.1 Å². The average molecular weight is 450 g/mol. The van der Waals surface area contributed by atoms with Crippen LogP contribution in [0.25, 0.3) is 11.0 Å². The fourth-order valence-electron chi connectivity index (χ4n) is 3.98. The fraction of sp³-hybridized carbons (Fsp3) is 0.391. The van der Waals surface area contributed by atoms with E-state index in [1.807, 2.05) is 32.0 Å². The van der Waals surface area contributed by atoms with Gasteiger partial charge in [-0.05, 0) is 32.4 Å². The van der Waals surface area contributed by atoms with Gasteiger partial charge in [-0.2, -0.15) is 15.2 Å². The van der Waals surface area contributed by atoms with Crippen LogP contribution in [-0.4, -0.2) is 53.8 Å². The molecule has 10 nitrogen and oxygen atoms in total. The number of aromatic amines is 1. The summed E-state index contributed by atoms with van der Waals surface area (Å²) in [6.07, 6.45) is 3.03. The summed E-state index contributed by atoms with van der Waals surface area (Å²) < 4.78 is 10.9.